The van der Waals surface area contributed by atoms with Crippen LogP contribution in [0.3, 0.4) is 0 Å². The molecule has 0 aliphatic carbocycles. The van der Waals surface area contributed by atoms with Gasteiger partial charge in [-0.2, -0.15) is 0 Å². The lowest BCUT2D eigenvalue weighted by Crippen LogP contribution is -2.32. The van der Waals surface area contributed by atoms with E-state index in [1.165, 1.54) is 0 Å². The highest BCUT2D eigenvalue weighted by molar-refractivity contribution is 5.94. The largest absolute Gasteiger partial charge is 0.469 e. The molecule has 1 N–H and O–H groups in total. The van der Waals surface area contributed by atoms with Crippen LogP contribution in [0.4, 0.5) is 0 Å². The zero-order valence-electron chi connectivity index (χ0n) is 13.7. The third-order valence-corrected chi connectivity index (χ3v) is 4.04. The summed E-state index contributed by atoms with van der Waals surface area (Å²) in [5.41, 5.74) is 2.94. The van der Waals surface area contributed by atoms with Crippen LogP contribution in [0.25, 0.3) is 11.1 Å². The van der Waals surface area contributed by atoms with Crippen molar-refractivity contribution in [2.24, 2.45) is 0 Å². The number of hydrogen-bond acceptors (Lipinski definition) is 2. The molecule has 3 aromatic rings. The Morgan fingerprint density at radius 1 is 0.958 bits per heavy atom. The van der Waals surface area contributed by atoms with E-state index in [1.807, 2.05) is 61.5 Å². The van der Waals surface area contributed by atoms with Gasteiger partial charge in [-0.05, 0) is 48.7 Å². The number of carbonyl (C=O) groups is 1. The third kappa shape index (κ3) is 4.13. The van der Waals surface area contributed by atoms with Gasteiger partial charge in [-0.1, -0.05) is 42.5 Å². The summed E-state index contributed by atoms with van der Waals surface area (Å²) in [6, 6.07) is 21.8. The van der Waals surface area contributed by atoms with E-state index in [9.17, 15) is 4.79 Å². The van der Waals surface area contributed by atoms with Crippen LogP contribution in [0, 0.1) is 0 Å². The molecule has 0 radical (unpaired) electrons. The number of benzene rings is 2. The van der Waals surface area contributed by atoms with Crippen molar-refractivity contribution in [3.8, 4) is 11.1 Å². The lowest BCUT2D eigenvalue weighted by atomic mass is 10.0. The highest BCUT2D eigenvalue weighted by atomic mass is 16.3. The summed E-state index contributed by atoms with van der Waals surface area (Å²) in [4.78, 5) is 12.3. The molecule has 0 bridgehead atoms. The van der Waals surface area contributed by atoms with E-state index in [2.05, 4.69) is 17.4 Å². The molecule has 0 saturated carbocycles. The maximum atomic E-state index is 12.3. The van der Waals surface area contributed by atoms with Gasteiger partial charge in [-0.25, -0.2) is 0 Å². The summed E-state index contributed by atoms with van der Waals surface area (Å²) < 4.78 is 5.32. The minimum atomic E-state index is -0.0402. The average Bonchev–Trinajstić information content (AvgIpc) is 3.14. The Balaban J connectivity index is 1.56. The van der Waals surface area contributed by atoms with Crippen molar-refractivity contribution in [3.05, 3.63) is 84.3 Å². The van der Waals surface area contributed by atoms with Gasteiger partial charge < -0.3 is 9.73 Å². The van der Waals surface area contributed by atoms with Gasteiger partial charge in [0.25, 0.3) is 5.91 Å². The molecule has 0 spiro atoms. The zero-order valence-corrected chi connectivity index (χ0v) is 13.7. The summed E-state index contributed by atoms with van der Waals surface area (Å²) >= 11 is 0. The number of aryl methyl sites for hydroxylation is 1. The fourth-order valence-corrected chi connectivity index (χ4v) is 2.64. The van der Waals surface area contributed by atoms with Gasteiger partial charge in [0.15, 0.2) is 0 Å². The first-order valence-corrected chi connectivity index (χ1v) is 8.21. The Morgan fingerprint density at radius 2 is 1.67 bits per heavy atom. The molecular formula is C21H21NO2. The quantitative estimate of drug-likeness (QED) is 0.715. The van der Waals surface area contributed by atoms with Crippen LogP contribution in [0.5, 0.6) is 0 Å². The summed E-state index contributed by atoms with van der Waals surface area (Å²) in [6.45, 7) is 2.01. The standard InChI is InChI=1S/C21H21NO2/c1-16(9-14-20-8-5-15-24-20)22-21(23)19-12-10-18(11-13-19)17-6-3-2-4-7-17/h2-8,10-13,15-16H,9,14H2,1H3,(H,22,23)/t16-/m0/s1. The normalized spacial score (nSPS) is 11.9. The minimum absolute atomic E-state index is 0.0402. The fraction of sp³-hybridized carbons (Fsp3) is 0.190. The van der Waals surface area contributed by atoms with Crippen molar-refractivity contribution in [2.75, 3.05) is 0 Å². The van der Waals surface area contributed by atoms with E-state index >= 15 is 0 Å². The zero-order chi connectivity index (χ0) is 16.8. The molecule has 3 rings (SSSR count). The van der Waals surface area contributed by atoms with Gasteiger partial charge in [0, 0.05) is 18.0 Å². The SMILES string of the molecule is C[C@@H](CCc1ccco1)NC(=O)c1ccc(-c2ccccc2)cc1. The second kappa shape index (κ2) is 7.64. The number of carbonyl (C=O) groups excluding carboxylic acids is 1. The first kappa shape index (κ1) is 16.1. The molecule has 0 fully saturated rings. The number of furan rings is 1. The molecule has 0 aliphatic heterocycles. The summed E-state index contributed by atoms with van der Waals surface area (Å²) in [5, 5.41) is 3.04. The first-order valence-electron chi connectivity index (χ1n) is 8.21. The smallest absolute Gasteiger partial charge is 0.251 e. The summed E-state index contributed by atoms with van der Waals surface area (Å²) in [5.74, 6) is 0.907. The minimum Gasteiger partial charge on any atom is -0.469 e. The third-order valence-electron chi connectivity index (χ3n) is 4.04. The maximum Gasteiger partial charge on any atom is 0.251 e. The Bertz CT molecular complexity index is 761. The lowest BCUT2D eigenvalue weighted by Gasteiger charge is -2.13. The predicted octanol–water partition coefficient (Wildman–Crippen LogP) is 4.70. The van der Waals surface area contributed by atoms with Crippen molar-refractivity contribution < 1.29 is 9.21 Å². The van der Waals surface area contributed by atoms with Crippen molar-refractivity contribution in [1.29, 1.82) is 0 Å². The predicted molar refractivity (Wildman–Crippen MR) is 95.8 cm³/mol. The Hall–Kier alpha value is -2.81. The first-order chi connectivity index (χ1) is 11.7. The number of amides is 1. The Morgan fingerprint density at radius 3 is 2.33 bits per heavy atom. The van der Waals surface area contributed by atoms with Crippen LogP contribution in [0.1, 0.15) is 29.5 Å². The number of hydrogen-bond donors (Lipinski definition) is 1. The van der Waals surface area contributed by atoms with Gasteiger partial charge in [0.05, 0.1) is 6.26 Å². The van der Waals surface area contributed by atoms with Crippen molar-refractivity contribution in [3.63, 3.8) is 0 Å². The monoisotopic (exact) mass is 319 g/mol. The summed E-state index contributed by atoms with van der Waals surface area (Å²) in [7, 11) is 0. The number of nitrogens with one attached hydrogen (secondary N) is 1. The van der Waals surface area contributed by atoms with Gasteiger partial charge in [-0.3, -0.25) is 4.79 Å². The van der Waals surface area contributed by atoms with Crippen LogP contribution in [0.2, 0.25) is 0 Å². The molecule has 1 aromatic heterocycles. The second-order valence-corrected chi connectivity index (χ2v) is 5.94. The van der Waals surface area contributed by atoms with E-state index in [-0.39, 0.29) is 11.9 Å². The topological polar surface area (TPSA) is 42.2 Å². The van der Waals surface area contributed by atoms with Crippen molar-refractivity contribution in [1.82, 2.24) is 5.32 Å². The van der Waals surface area contributed by atoms with E-state index in [0.717, 1.165) is 29.7 Å². The second-order valence-electron chi connectivity index (χ2n) is 5.94. The van der Waals surface area contributed by atoms with Crippen LogP contribution in [0.15, 0.2) is 77.4 Å². The van der Waals surface area contributed by atoms with E-state index in [0.29, 0.717) is 5.56 Å². The molecule has 122 valence electrons. The molecule has 1 atom stereocenters. The van der Waals surface area contributed by atoms with Gasteiger partial charge >= 0.3 is 0 Å². The molecular weight excluding hydrogens is 298 g/mol. The maximum absolute atomic E-state index is 12.3. The van der Waals surface area contributed by atoms with Gasteiger partial charge in [0.1, 0.15) is 5.76 Å². The van der Waals surface area contributed by atoms with Gasteiger partial charge in [-0.15, -0.1) is 0 Å². The van der Waals surface area contributed by atoms with Crippen molar-refractivity contribution in [2.45, 2.75) is 25.8 Å². The molecule has 3 nitrogen and oxygen atoms in total. The molecule has 0 unspecified atom stereocenters. The highest BCUT2D eigenvalue weighted by Crippen LogP contribution is 2.19. The lowest BCUT2D eigenvalue weighted by molar-refractivity contribution is 0.0938. The Kier molecular flexibility index (Phi) is 5.12. The van der Waals surface area contributed by atoms with E-state index < -0.39 is 0 Å². The molecule has 0 aliphatic rings. The van der Waals surface area contributed by atoms with Crippen molar-refractivity contribution >= 4 is 5.91 Å². The fourth-order valence-electron chi connectivity index (χ4n) is 2.64. The molecule has 2 aromatic carbocycles. The molecule has 1 heterocycles. The van der Waals surface area contributed by atoms with Gasteiger partial charge in [0.2, 0.25) is 0 Å². The Labute approximate surface area is 142 Å². The van der Waals surface area contributed by atoms with Crippen LogP contribution in [-0.2, 0) is 6.42 Å². The molecule has 24 heavy (non-hydrogen) atoms. The van der Waals surface area contributed by atoms with Crippen LogP contribution < -0.4 is 5.32 Å². The molecule has 3 heteroatoms. The van der Waals surface area contributed by atoms with E-state index in [4.69, 9.17) is 4.42 Å². The van der Waals surface area contributed by atoms with Crippen LogP contribution >= 0.6 is 0 Å². The molecule has 1 amide bonds. The highest BCUT2D eigenvalue weighted by Gasteiger charge is 2.10. The summed E-state index contributed by atoms with van der Waals surface area (Å²) in [6.07, 6.45) is 3.34. The average molecular weight is 319 g/mol. The molecule has 0 saturated heterocycles. The van der Waals surface area contributed by atoms with E-state index in [1.54, 1.807) is 6.26 Å². The number of rotatable bonds is 6. The van der Waals surface area contributed by atoms with Crippen LogP contribution in [-0.4, -0.2) is 11.9 Å².